The molecule has 0 aliphatic heterocycles. The van der Waals surface area contributed by atoms with Crippen LogP contribution in [-0.4, -0.2) is 4.98 Å². The second kappa shape index (κ2) is 4.66. The van der Waals surface area contributed by atoms with Crippen molar-refractivity contribution in [2.45, 2.75) is 0 Å². The minimum absolute atomic E-state index is 0.726. The van der Waals surface area contributed by atoms with Gasteiger partial charge in [0.05, 0.1) is 16.6 Å². The minimum Gasteiger partial charge on any atom is -0.398 e. The summed E-state index contributed by atoms with van der Waals surface area (Å²) in [4.78, 5) is 4.56. The van der Waals surface area contributed by atoms with Gasteiger partial charge in [-0.05, 0) is 12.1 Å². The summed E-state index contributed by atoms with van der Waals surface area (Å²) in [6.45, 7) is 7.39. The highest BCUT2D eigenvalue weighted by molar-refractivity contribution is 5.90. The Morgan fingerprint density at radius 1 is 1.06 bits per heavy atom. The van der Waals surface area contributed by atoms with E-state index in [4.69, 9.17) is 5.73 Å². The molecule has 2 rings (SSSR count). The summed E-state index contributed by atoms with van der Waals surface area (Å²) in [5.41, 5.74) is 7.78. The first-order valence-electron chi connectivity index (χ1n) is 5.37. The maximum atomic E-state index is 6.16. The number of hydrogen-bond donors (Lipinski definition) is 1. The van der Waals surface area contributed by atoms with Crippen LogP contribution in [0.1, 0.15) is 0 Å². The first-order chi connectivity index (χ1) is 8.27. The molecule has 84 valence electrons. The second-order valence-corrected chi connectivity index (χ2v) is 3.65. The van der Waals surface area contributed by atoms with Crippen LogP contribution in [0.3, 0.4) is 0 Å². The molecule has 1 heterocycles. The van der Waals surface area contributed by atoms with Crippen molar-refractivity contribution in [3.63, 3.8) is 0 Å². The van der Waals surface area contributed by atoms with Crippen LogP contribution in [0.2, 0.25) is 0 Å². The van der Waals surface area contributed by atoms with Crippen molar-refractivity contribution < 1.29 is 0 Å². The molecule has 2 aromatic rings. The first kappa shape index (κ1) is 11.1. The number of benzene rings is 1. The molecule has 0 amide bonds. The summed E-state index contributed by atoms with van der Waals surface area (Å²) in [5.74, 6) is 0. The van der Waals surface area contributed by atoms with Gasteiger partial charge in [-0.3, -0.25) is 0 Å². The average molecular weight is 222 g/mol. The molecule has 1 aromatic heterocycles. The predicted octanol–water partition coefficient (Wildman–Crippen LogP) is 1.75. The van der Waals surface area contributed by atoms with E-state index in [1.54, 1.807) is 12.2 Å². The lowest BCUT2D eigenvalue weighted by Crippen LogP contribution is -2.31. The number of nitrogen functional groups attached to an aromatic ring is 1. The molecule has 2 N–H and O–H groups in total. The lowest BCUT2D eigenvalue weighted by atomic mass is 10.1. The third kappa shape index (κ3) is 1.97. The molecule has 1 aromatic carbocycles. The van der Waals surface area contributed by atoms with Crippen LogP contribution < -0.4 is 16.3 Å². The first-order valence-corrected chi connectivity index (χ1v) is 5.37. The number of nitrogens with two attached hydrogens (primary N) is 1. The summed E-state index contributed by atoms with van der Waals surface area (Å²) in [5, 5.41) is 2.66. The summed E-state index contributed by atoms with van der Waals surface area (Å²) >= 11 is 0. The molecule has 0 aliphatic carbocycles. The number of pyridine rings is 1. The van der Waals surface area contributed by atoms with Crippen LogP contribution in [0.4, 0.5) is 5.69 Å². The lowest BCUT2D eigenvalue weighted by molar-refractivity contribution is 1.29. The predicted molar refractivity (Wildman–Crippen MR) is 74.7 cm³/mol. The highest BCUT2D eigenvalue weighted by atomic mass is 14.7. The van der Waals surface area contributed by atoms with Crippen LogP contribution in [0.5, 0.6) is 0 Å². The van der Waals surface area contributed by atoms with Gasteiger partial charge < -0.3 is 5.73 Å². The fourth-order valence-corrected chi connectivity index (χ4v) is 1.80. The number of allylic oxidation sites excluding steroid dienone is 2. The minimum atomic E-state index is 0.726. The molecule has 0 saturated heterocycles. The Morgan fingerprint density at radius 3 is 2.47 bits per heavy atom. The van der Waals surface area contributed by atoms with Crippen molar-refractivity contribution in [3.05, 3.63) is 60.1 Å². The number of hydrogen-bond acceptors (Lipinski definition) is 2. The fraction of sp³-hybridized carbons (Fsp3) is 0. The highest BCUT2D eigenvalue weighted by Crippen LogP contribution is 2.12. The number of fused-ring (bicyclic) bond motifs is 1. The van der Waals surface area contributed by atoms with E-state index >= 15 is 0 Å². The van der Waals surface area contributed by atoms with Crippen molar-refractivity contribution in [1.82, 2.24) is 4.98 Å². The molecular formula is C15H14N2. The van der Waals surface area contributed by atoms with Gasteiger partial charge in [0.2, 0.25) is 0 Å². The van der Waals surface area contributed by atoms with Gasteiger partial charge in [-0.2, -0.15) is 0 Å². The van der Waals surface area contributed by atoms with Crippen molar-refractivity contribution in [2.24, 2.45) is 0 Å². The molecule has 0 saturated carbocycles. The van der Waals surface area contributed by atoms with Gasteiger partial charge in [-0.15, -0.1) is 0 Å². The number of aromatic nitrogens is 1. The van der Waals surface area contributed by atoms with E-state index in [0.717, 1.165) is 27.2 Å². The van der Waals surface area contributed by atoms with E-state index < -0.39 is 0 Å². The Balaban J connectivity index is 3.05. The van der Waals surface area contributed by atoms with Crippen LogP contribution in [0.25, 0.3) is 23.1 Å². The summed E-state index contributed by atoms with van der Waals surface area (Å²) in [6.07, 6.45) is 7.13. The van der Waals surface area contributed by atoms with Crippen molar-refractivity contribution >= 4 is 28.7 Å². The summed E-state index contributed by atoms with van der Waals surface area (Å²) < 4.78 is 0. The van der Waals surface area contributed by atoms with Gasteiger partial charge in [0.25, 0.3) is 0 Å². The molecule has 0 unspecified atom stereocenters. The van der Waals surface area contributed by atoms with E-state index in [2.05, 4.69) is 18.1 Å². The molecule has 0 bridgehead atoms. The van der Waals surface area contributed by atoms with Crippen LogP contribution >= 0.6 is 0 Å². The third-order valence-corrected chi connectivity index (χ3v) is 2.56. The lowest BCUT2D eigenvalue weighted by Gasteiger charge is -2.02. The van der Waals surface area contributed by atoms with Gasteiger partial charge in [0.15, 0.2) is 0 Å². The maximum absolute atomic E-state index is 6.16. The Bertz CT molecular complexity index is 697. The smallest absolute Gasteiger partial charge is 0.0730 e. The monoisotopic (exact) mass is 222 g/mol. The molecule has 2 nitrogen and oxygen atoms in total. The molecule has 0 radical (unpaired) electrons. The standard InChI is InChI=1S/C15H14N2/c1-3-7-11-13(8-4-2)17-14-10-6-5-9-12(14)15(11)16/h3-10H,1-2,16H2/b11-7+,13-8+. The molecule has 2 heteroatoms. The van der Waals surface area contributed by atoms with E-state index in [0.29, 0.717) is 0 Å². The van der Waals surface area contributed by atoms with Crippen LogP contribution in [0, 0.1) is 0 Å². The largest absolute Gasteiger partial charge is 0.398 e. The van der Waals surface area contributed by atoms with E-state index in [1.807, 2.05) is 36.4 Å². The number of nitrogens with zero attached hydrogens (tertiary/aromatic N) is 1. The topological polar surface area (TPSA) is 38.9 Å². The van der Waals surface area contributed by atoms with Crippen LogP contribution in [-0.2, 0) is 0 Å². The Hall–Kier alpha value is -2.35. The van der Waals surface area contributed by atoms with Crippen molar-refractivity contribution in [2.75, 3.05) is 5.73 Å². The van der Waals surface area contributed by atoms with Gasteiger partial charge in [-0.1, -0.05) is 49.6 Å². The summed E-state index contributed by atoms with van der Waals surface area (Å²) in [7, 11) is 0. The van der Waals surface area contributed by atoms with Gasteiger partial charge in [-0.25, -0.2) is 4.98 Å². The number of para-hydroxylation sites is 1. The molecular weight excluding hydrogens is 208 g/mol. The Kier molecular flexibility index (Phi) is 3.06. The molecule has 0 spiro atoms. The SMILES string of the molecule is C=C/C=c1/c(N)c2ccccc2n/c1=C/C=C. The number of rotatable bonds is 2. The Labute approximate surface area is 100 Å². The quantitative estimate of drug-likeness (QED) is 0.840. The van der Waals surface area contributed by atoms with Crippen molar-refractivity contribution in [3.8, 4) is 0 Å². The van der Waals surface area contributed by atoms with Crippen LogP contribution in [0.15, 0.2) is 49.6 Å². The maximum Gasteiger partial charge on any atom is 0.0730 e. The van der Waals surface area contributed by atoms with E-state index in [9.17, 15) is 0 Å². The zero-order valence-electron chi connectivity index (χ0n) is 9.56. The summed E-state index contributed by atoms with van der Waals surface area (Å²) in [6, 6.07) is 7.82. The second-order valence-electron chi connectivity index (χ2n) is 3.65. The van der Waals surface area contributed by atoms with Gasteiger partial charge in [0, 0.05) is 10.6 Å². The third-order valence-electron chi connectivity index (χ3n) is 2.56. The average Bonchev–Trinajstić information content (AvgIpc) is 2.34. The van der Waals surface area contributed by atoms with E-state index in [1.165, 1.54) is 0 Å². The molecule has 17 heavy (non-hydrogen) atoms. The zero-order chi connectivity index (χ0) is 12.3. The zero-order valence-corrected chi connectivity index (χ0v) is 9.56. The molecule has 0 fully saturated rings. The molecule has 0 atom stereocenters. The van der Waals surface area contributed by atoms with Gasteiger partial charge in [0.1, 0.15) is 0 Å². The normalized spacial score (nSPS) is 12.9. The molecule has 0 aliphatic rings. The fourth-order valence-electron chi connectivity index (χ4n) is 1.80. The van der Waals surface area contributed by atoms with Crippen molar-refractivity contribution in [1.29, 1.82) is 0 Å². The van der Waals surface area contributed by atoms with E-state index in [-0.39, 0.29) is 0 Å². The Morgan fingerprint density at radius 2 is 1.76 bits per heavy atom. The van der Waals surface area contributed by atoms with Gasteiger partial charge >= 0.3 is 0 Å². The highest BCUT2D eigenvalue weighted by Gasteiger charge is 2.01. The number of anilines is 1.